The summed E-state index contributed by atoms with van der Waals surface area (Å²) in [6, 6.07) is 13.2. The summed E-state index contributed by atoms with van der Waals surface area (Å²) >= 11 is 12.1. The van der Waals surface area contributed by atoms with Crippen LogP contribution in [0.1, 0.15) is 17.4 Å². The molecule has 0 saturated heterocycles. The molecule has 1 unspecified atom stereocenters. The van der Waals surface area contributed by atoms with Gasteiger partial charge in [0.25, 0.3) is 0 Å². The van der Waals surface area contributed by atoms with Crippen molar-refractivity contribution >= 4 is 34.2 Å². The molecule has 0 aliphatic carbocycles. The zero-order valence-electron chi connectivity index (χ0n) is 11.6. The number of aryl methyl sites for hydroxylation is 1. The molecule has 0 spiro atoms. The first-order chi connectivity index (χ1) is 10.1. The molecule has 0 radical (unpaired) electrons. The number of nitrogens with zero attached hydrogens (tertiary/aromatic N) is 2. The van der Waals surface area contributed by atoms with Gasteiger partial charge in [-0.25, -0.2) is 4.98 Å². The second-order valence-electron chi connectivity index (χ2n) is 5.05. The highest BCUT2D eigenvalue weighted by molar-refractivity contribution is 6.35. The molecule has 1 atom stereocenters. The van der Waals surface area contributed by atoms with E-state index in [4.69, 9.17) is 28.9 Å². The monoisotopic (exact) mass is 319 g/mol. The number of nitrogens with two attached hydrogens (primary N) is 1. The molecule has 21 heavy (non-hydrogen) atoms. The van der Waals surface area contributed by atoms with E-state index in [1.807, 2.05) is 37.4 Å². The van der Waals surface area contributed by atoms with Crippen LogP contribution in [0.4, 0.5) is 0 Å². The quantitative estimate of drug-likeness (QED) is 0.789. The fourth-order valence-electron chi connectivity index (χ4n) is 2.49. The van der Waals surface area contributed by atoms with Gasteiger partial charge in [-0.15, -0.1) is 0 Å². The first kappa shape index (κ1) is 14.4. The highest BCUT2D eigenvalue weighted by Gasteiger charge is 2.15. The Hall–Kier alpha value is -1.55. The molecule has 0 aliphatic heterocycles. The van der Waals surface area contributed by atoms with E-state index < -0.39 is 0 Å². The molecular weight excluding hydrogens is 305 g/mol. The average molecular weight is 320 g/mol. The normalized spacial score (nSPS) is 12.8. The van der Waals surface area contributed by atoms with E-state index in [1.165, 1.54) is 0 Å². The average Bonchev–Trinajstić information content (AvgIpc) is 2.76. The highest BCUT2D eigenvalue weighted by atomic mass is 35.5. The Morgan fingerprint density at radius 2 is 1.95 bits per heavy atom. The molecule has 3 aromatic rings. The third kappa shape index (κ3) is 2.77. The third-order valence-electron chi connectivity index (χ3n) is 3.64. The van der Waals surface area contributed by atoms with E-state index in [0.717, 1.165) is 22.4 Å². The van der Waals surface area contributed by atoms with Crippen LogP contribution in [0.25, 0.3) is 11.0 Å². The van der Waals surface area contributed by atoms with Crippen LogP contribution < -0.4 is 5.73 Å². The van der Waals surface area contributed by atoms with Gasteiger partial charge in [-0.05, 0) is 29.8 Å². The Kier molecular flexibility index (Phi) is 3.89. The van der Waals surface area contributed by atoms with Crippen molar-refractivity contribution < 1.29 is 0 Å². The number of rotatable bonds is 3. The number of hydrogen-bond donors (Lipinski definition) is 1. The molecular formula is C16H15Cl2N3. The van der Waals surface area contributed by atoms with Crippen molar-refractivity contribution in [3.8, 4) is 0 Å². The molecule has 2 N–H and O–H groups in total. The second-order valence-corrected chi connectivity index (χ2v) is 5.90. The molecule has 1 aromatic heterocycles. The maximum absolute atomic E-state index is 6.29. The van der Waals surface area contributed by atoms with Gasteiger partial charge in [0.15, 0.2) is 0 Å². The number of benzene rings is 2. The number of para-hydroxylation sites is 2. The summed E-state index contributed by atoms with van der Waals surface area (Å²) in [5.41, 5.74) is 9.25. The molecule has 5 heteroatoms. The SMILES string of the molecule is Cn1c(CC(N)c2ccc(Cl)cc2Cl)nc2ccccc21. The molecule has 1 heterocycles. The van der Waals surface area contributed by atoms with Crippen molar-refractivity contribution in [1.82, 2.24) is 9.55 Å². The Labute approximate surface area is 133 Å². The zero-order chi connectivity index (χ0) is 15.0. The smallest absolute Gasteiger partial charge is 0.111 e. The number of aromatic nitrogens is 2. The molecule has 0 saturated carbocycles. The van der Waals surface area contributed by atoms with E-state index in [9.17, 15) is 0 Å². The summed E-state index contributed by atoms with van der Waals surface area (Å²) in [6.45, 7) is 0. The van der Waals surface area contributed by atoms with Gasteiger partial charge in [0.2, 0.25) is 0 Å². The van der Waals surface area contributed by atoms with Crippen LogP contribution in [0.2, 0.25) is 10.0 Å². The summed E-state index contributed by atoms with van der Waals surface area (Å²) < 4.78 is 2.07. The maximum atomic E-state index is 6.29. The van der Waals surface area contributed by atoms with Crippen molar-refractivity contribution in [2.24, 2.45) is 12.8 Å². The first-order valence-electron chi connectivity index (χ1n) is 6.67. The predicted molar refractivity (Wildman–Crippen MR) is 87.8 cm³/mol. The lowest BCUT2D eigenvalue weighted by molar-refractivity contribution is 0.665. The molecule has 3 rings (SSSR count). The van der Waals surface area contributed by atoms with Gasteiger partial charge in [-0.1, -0.05) is 41.4 Å². The summed E-state index contributed by atoms with van der Waals surface area (Å²) in [5, 5.41) is 1.20. The van der Waals surface area contributed by atoms with Crippen molar-refractivity contribution in [1.29, 1.82) is 0 Å². The minimum Gasteiger partial charge on any atom is -0.331 e. The molecule has 3 nitrogen and oxygen atoms in total. The van der Waals surface area contributed by atoms with Crippen molar-refractivity contribution in [3.63, 3.8) is 0 Å². The van der Waals surface area contributed by atoms with Gasteiger partial charge in [0.1, 0.15) is 5.82 Å². The van der Waals surface area contributed by atoms with Gasteiger partial charge in [0.05, 0.1) is 11.0 Å². The van der Waals surface area contributed by atoms with Crippen LogP contribution in [0, 0.1) is 0 Å². The Morgan fingerprint density at radius 3 is 2.67 bits per heavy atom. The van der Waals surface area contributed by atoms with E-state index >= 15 is 0 Å². The zero-order valence-corrected chi connectivity index (χ0v) is 13.1. The molecule has 2 aromatic carbocycles. The van der Waals surface area contributed by atoms with Crippen LogP contribution in [-0.4, -0.2) is 9.55 Å². The van der Waals surface area contributed by atoms with E-state index in [-0.39, 0.29) is 6.04 Å². The molecule has 0 fully saturated rings. The Morgan fingerprint density at radius 1 is 1.19 bits per heavy atom. The van der Waals surface area contributed by atoms with Crippen molar-refractivity contribution in [3.05, 3.63) is 63.9 Å². The number of fused-ring (bicyclic) bond motifs is 1. The van der Waals surface area contributed by atoms with Gasteiger partial charge in [0, 0.05) is 29.6 Å². The van der Waals surface area contributed by atoms with Gasteiger partial charge in [-0.3, -0.25) is 0 Å². The van der Waals surface area contributed by atoms with Crippen LogP contribution >= 0.6 is 23.2 Å². The van der Waals surface area contributed by atoms with Crippen molar-refractivity contribution in [2.45, 2.75) is 12.5 Å². The van der Waals surface area contributed by atoms with Crippen LogP contribution in [0.5, 0.6) is 0 Å². The number of imidazole rings is 1. The van der Waals surface area contributed by atoms with Crippen LogP contribution in [0.15, 0.2) is 42.5 Å². The first-order valence-corrected chi connectivity index (χ1v) is 7.42. The lowest BCUT2D eigenvalue weighted by atomic mass is 10.0. The third-order valence-corrected chi connectivity index (χ3v) is 4.21. The largest absolute Gasteiger partial charge is 0.331 e. The minimum absolute atomic E-state index is 0.217. The van der Waals surface area contributed by atoms with E-state index in [0.29, 0.717) is 16.5 Å². The number of hydrogen-bond acceptors (Lipinski definition) is 2. The Bertz CT molecular complexity index is 795. The number of halogens is 2. The lowest BCUT2D eigenvalue weighted by Crippen LogP contribution is -2.16. The van der Waals surface area contributed by atoms with Gasteiger partial charge in [-0.2, -0.15) is 0 Å². The minimum atomic E-state index is -0.217. The standard InChI is InChI=1S/C16H15Cl2N3/c1-21-15-5-3-2-4-14(15)20-16(21)9-13(19)11-7-6-10(17)8-12(11)18/h2-8,13H,9,19H2,1H3. The molecule has 0 bridgehead atoms. The summed E-state index contributed by atoms with van der Waals surface area (Å²) in [4.78, 5) is 4.64. The summed E-state index contributed by atoms with van der Waals surface area (Å²) in [7, 11) is 2.00. The van der Waals surface area contributed by atoms with Gasteiger partial charge >= 0.3 is 0 Å². The molecule has 0 aliphatic rings. The highest BCUT2D eigenvalue weighted by Crippen LogP contribution is 2.27. The Balaban J connectivity index is 1.92. The molecule has 0 amide bonds. The van der Waals surface area contributed by atoms with Crippen LogP contribution in [-0.2, 0) is 13.5 Å². The summed E-state index contributed by atoms with van der Waals surface area (Å²) in [5.74, 6) is 0.940. The van der Waals surface area contributed by atoms with E-state index in [1.54, 1.807) is 12.1 Å². The summed E-state index contributed by atoms with van der Waals surface area (Å²) in [6.07, 6.45) is 0.618. The topological polar surface area (TPSA) is 43.8 Å². The second kappa shape index (κ2) is 5.68. The predicted octanol–water partition coefficient (Wildman–Crippen LogP) is 4.12. The lowest BCUT2D eigenvalue weighted by Gasteiger charge is -2.14. The fraction of sp³-hybridized carbons (Fsp3) is 0.188. The molecule has 108 valence electrons. The fourth-order valence-corrected chi connectivity index (χ4v) is 3.04. The maximum Gasteiger partial charge on any atom is 0.111 e. The van der Waals surface area contributed by atoms with Crippen molar-refractivity contribution in [2.75, 3.05) is 0 Å². The van der Waals surface area contributed by atoms with E-state index in [2.05, 4.69) is 9.55 Å². The van der Waals surface area contributed by atoms with Crippen LogP contribution in [0.3, 0.4) is 0 Å². The van der Waals surface area contributed by atoms with Gasteiger partial charge < -0.3 is 10.3 Å².